The zero-order valence-corrected chi connectivity index (χ0v) is 14.7. The van der Waals surface area contributed by atoms with Crippen molar-refractivity contribution in [3.63, 3.8) is 0 Å². The first-order valence-corrected chi connectivity index (χ1v) is 8.96. The quantitative estimate of drug-likeness (QED) is 0.458. The van der Waals surface area contributed by atoms with Gasteiger partial charge in [0, 0.05) is 5.41 Å². The minimum absolute atomic E-state index is 0.111. The van der Waals surface area contributed by atoms with Gasteiger partial charge in [-0.3, -0.25) is 0 Å². The molecule has 0 bridgehead atoms. The topological polar surface area (TPSA) is 0 Å². The van der Waals surface area contributed by atoms with Crippen LogP contribution >= 0.6 is 0 Å². The van der Waals surface area contributed by atoms with Crippen LogP contribution in [0.15, 0.2) is 91.0 Å². The lowest BCUT2D eigenvalue weighted by Gasteiger charge is -2.41. The molecule has 3 aromatic carbocycles. The average Bonchev–Trinajstić information content (AvgIpc) is 2.65. The van der Waals surface area contributed by atoms with Gasteiger partial charge in [0.05, 0.1) is 0 Å². The van der Waals surface area contributed by atoms with E-state index in [4.69, 9.17) is 0 Å². The summed E-state index contributed by atoms with van der Waals surface area (Å²) in [5, 5.41) is 0. The lowest BCUT2D eigenvalue weighted by molar-refractivity contribution is 0.374. The van der Waals surface area contributed by atoms with E-state index in [1.165, 1.54) is 29.5 Å². The predicted molar refractivity (Wildman–Crippen MR) is 103 cm³/mol. The van der Waals surface area contributed by atoms with Crippen molar-refractivity contribution in [1.82, 2.24) is 0 Å². The van der Waals surface area contributed by atoms with E-state index in [1.807, 2.05) is 0 Å². The van der Waals surface area contributed by atoms with Gasteiger partial charge < -0.3 is 0 Å². The Morgan fingerprint density at radius 3 is 1.25 bits per heavy atom. The molecule has 0 amide bonds. The third-order valence-corrected chi connectivity index (χ3v) is 5.15. The zero-order chi connectivity index (χ0) is 16.8. The van der Waals surface area contributed by atoms with Gasteiger partial charge in [-0.1, -0.05) is 111 Å². The van der Waals surface area contributed by atoms with Crippen molar-refractivity contribution >= 4 is 0 Å². The Bertz CT molecular complexity index is 632. The van der Waals surface area contributed by atoms with E-state index in [9.17, 15) is 0 Å². The standard InChI is InChI=1S/C24H26/c1-3-13-20(2)24(21-14-7-4-8-15-21,22-16-9-5-10-17-22)23-18-11-6-12-19-23/h4-12,14-20H,3,13H2,1-2H3. The molecule has 0 aliphatic carbocycles. The zero-order valence-electron chi connectivity index (χ0n) is 14.7. The van der Waals surface area contributed by atoms with E-state index in [0.29, 0.717) is 5.92 Å². The highest BCUT2D eigenvalue weighted by molar-refractivity contribution is 5.51. The fourth-order valence-corrected chi connectivity index (χ4v) is 4.11. The Morgan fingerprint density at radius 2 is 0.958 bits per heavy atom. The Hall–Kier alpha value is -2.34. The molecule has 0 radical (unpaired) electrons. The van der Waals surface area contributed by atoms with Crippen LogP contribution in [-0.4, -0.2) is 0 Å². The van der Waals surface area contributed by atoms with Gasteiger partial charge in [-0.25, -0.2) is 0 Å². The van der Waals surface area contributed by atoms with E-state index < -0.39 is 0 Å². The maximum absolute atomic E-state index is 2.40. The van der Waals surface area contributed by atoms with Crippen molar-refractivity contribution in [2.24, 2.45) is 5.92 Å². The molecule has 1 unspecified atom stereocenters. The lowest BCUT2D eigenvalue weighted by Crippen LogP contribution is -2.36. The van der Waals surface area contributed by atoms with E-state index in [-0.39, 0.29) is 5.41 Å². The van der Waals surface area contributed by atoms with Crippen LogP contribution in [0.2, 0.25) is 0 Å². The van der Waals surface area contributed by atoms with Crippen LogP contribution in [-0.2, 0) is 5.41 Å². The van der Waals surface area contributed by atoms with E-state index >= 15 is 0 Å². The van der Waals surface area contributed by atoms with Crippen molar-refractivity contribution in [2.45, 2.75) is 32.1 Å². The van der Waals surface area contributed by atoms with Crippen LogP contribution in [0.5, 0.6) is 0 Å². The molecule has 0 heteroatoms. The summed E-state index contributed by atoms with van der Waals surface area (Å²) < 4.78 is 0. The first-order valence-electron chi connectivity index (χ1n) is 8.96. The maximum atomic E-state index is 2.40. The molecule has 0 aliphatic rings. The lowest BCUT2D eigenvalue weighted by atomic mass is 9.61. The summed E-state index contributed by atoms with van der Waals surface area (Å²) in [7, 11) is 0. The first-order chi connectivity index (χ1) is 11.8. The molecule has 0 aromatic heterocycles. The van der Waals surface area contributed by atoms with Gasteiger partial charge in [0.2, 0.25) is 0 Å². The Balaban J connectivity index is 2.33. The van der Waals surface area contributed by atoms with Crippen LogP contribution in [0.25, 0.3) is 0 Å². The van der Waals surface area contributed by atoms with Crippen LogP contribution in [0.3, 0.4) is 0 Å². The molecule has 0 saturated carbocycles. The van der Waals surface area contributed by atoms with Crippen molar-refractivity contribution in [2.75, 3.05) is 0 Å². The predicted octanol–water partition coefficient (Wildman–Crippen LogP) is 6.46. The van der Waals surface area contributed by atoms with Gasteiger partial charge in [0.25, 0.3) is 0 Å². The molecule has 3 aromatic rings. The molecule has 0 heterocycles. The maximum Gasteiger partial charge on any atom is 0.0476 e. The highest BCUT2D eigenvalue weighted by atomic mass is 14.4. The summed E-state index contributed by atoms with van der Waals surface area (Å²) in [4.78, 5) is 0. The molecule has 122 valence electrons. The second-order valence-electron chi connectivity index (χ2n) is 6.60. The van der Waals surface area contributed by atoms with Gasteiger partial charge in [0.1, 0.15) is 0 Å². The first kappa shape index (κ1) is 16.5. The monoisotopic (exact) mass is 314 g/mol. The van der Waals surface area contributed by atoms with Crippen LogP contribution in [0.4, 0.5) is 0 Å². The second kappa shape index (κ2) is 7.49. The molecule has 24 heavy (non-hydrogen) atoms. The highest BCUT2D eigenvalue weighted by Gasteiger charge is 2.40. The van der Waals surface area contributed by atoms with Crippen molar-refractivity contribution in [3.8, 4) is 0 Å². The summed E-state index contributed by atoms with van der Waals surface area (Å²) in [6.07, 6.45) is 2.38. The largest absolute Gasteiger partial charge is 0.0654 e. The van der Waals surface area contributed by atoms with Crippen LogP contribution in [0, 0.1) is 5.92 Å². The minimum atomic E-state index is -0.111. The third-order valence-electron chi connectivity index (χ3n) is 5.15. The van der Waals surface area contributed by atoms with Gasteiger partial charge >= 0.3 is 0 Å². The fourth-order valence-electron chi connectivity index (χ4n) is 4.11. The van der Waals surface area contributed by atoms with Gasteiger partial charge in [-0.2, -0.15) is 0 Å². The Kier molecular flexibility index (Phi) is 5.15. The van der Waals surface area contributed by atoms with Crippen molar-refractivity contribution in [1.29, 1.82) is 0 Å². The van der Waals surface area contributed by atoms with Gasteiger partial charge in [-0.05, 0) is 29.0 Å². The summed E-state index contributed by atoms with van der Waals surface area (Å²) in [6.45, 7) is 4.68. The molecule has 0 fully saturated rings. The molecule has 1 atom stereocenters. The Labute approximate surface area is 146 Å². The SMILES string of the molecule is CCCC(C)C(c1ccccc1)(c1ccccc1)c1ccccc1. The number of hydrogen-bond donors (Lipinski definition) is 0. The van der Waals surface area contributed by atoms with Crippen LogP contribution in [0.1, 0.15) is 43.4 Å². The van der Waals surface area contributed by atoms with E-state index in [0.717, 1.165) is 0 Å². The van der Waals surface area contributed by atoms with E-state index in [1.54, 1.807) is 0 Å². The molecule has 0 nitrogen and oxygen atoms in total. The summed E-state index contributed by atoms with van der Waals surface area (Å²) in [5.41, 5.74) is 4.02. The van der Waals surface area contributed by atoms with Gasteiger partial charge in [-0.15, -0.1) is 0 Å². The van der Waals surface area contributed by atoms with Gasteiger partial charge in [0.15, 0.2) is 0 Å². The summed E-state index contributed by atoms with van der Waals surface area (Å²) in [6, 6.07) is 33.0. The minimum Gasteiger partial charge on any atom is -0.0654 e. The molecule has 0 spiro atoms. The molecular weight excluding hydrogens is 288 g/mol. The number of rotatable bonds is 6. The number of hydrogen-bond acceptors (Lipinski definition) is 0. The smallest absolute Gasteiger partial charge is 0.0476 e. The van der Waals surface area contributed by atoms with Crippen LogP contribution < -0.4 is 0 Å². The molecule has 0 N–H and O–H groups in total. The molecular formula is C24H26. The van der Waals surface area contributed by atoms with E-state index in [2.05, 4.69) is 105 Å². The Morgan fingerprint density at radius 1 is 0.625 bits per heavy atom. The normalized spacial score (nSPS) is 12.8. The third kappa shape index (κ3) is 2.89. The highest BCUT2D eigenvalue weighted by Crippen LogP contribution is 2.46. The average molecular weight is 314 g/mol. The fraction of sp³-hybridized carbons (Fsp3) is 0.250. The molecule has 0 saturated heterocycles. The number of benzene rings is 3. The molecule has 3 rings (SSSR count). The second-order valence-corrected chi connectivity index (χ2v) is 6.60. The van der Waals surface area contributed by atoms with Crippen molar-refractivity contribution in [3.05, 3.63) is 108 Å². The summed E-state index contributed by atoms with van der Waals surface area (Å²) in [5.74, 6) is 0.509. The summed E-state index contributed by atoms with van der Waals surface area (Å²) >= 11 is 0. The van der Waals surface area contributed by atoms with Crippen molar-refractivity contribution < 1.29 is 0 Å². The molecule has 0 aliphatic heterocycles.